The number of rotatable bonds is 3. The van der Waals surface area contributed by atoms with Gasteiger partial charge in [0.2, 0.25) is 0 Å². The highest BCUT2D eigenvalue weighted by molar-refractivity contribution is 7.93. The van der Waals surface area contributed by atoms with E-state index in [0.29, 0.717) is 11.5 Å². The van der Waals surface area contributed by atoms with Crippen molar-refractivity contribution in [3.05, 3.63) is 39.5 Å². The van der Waals surface area contributed by atoms with Gasteiger partial charge in [-0.15, -0.1) is 15.7 Å². The number of amides is 2. The van der Waals surface area contributed by atoms with Crippen LogP contribution in [0, 0.1) is 0 Å². The normalized spacial score (nSPS) is 20.1. The molecule has 2 aromatic heterocycles. The smallest absolute Gasteiger partial charge is 0.354 e. The Balaban J connectivity index is 1.66. The molecular formula is C20H26N4O3S2. The number of hydrogen-bond donors (Lipinski definition) is 3. The van der Waals surface area contributed by atoms with E-state index >= 15 is 0 Å². The standard InChI is InChI=1S/C20H26N4O3S2/c1-11-7-8-14-17(11)22-15-6-4-5-13(15)18(14)23-19(25)24-29(21,27)16-9-12(10-28-16)20(2,3)26/h9-11,26H,4-8H2,1-3H3,(H3,21,22,23,24,25,27)/t11-,29-/m1/s1. The van der Waals surface area contributed by atoms with Gasteiger partial charge in [0, 0.05) is 11.4 Å². The maximum atomic E-state index is 12.9. The molecule has 2 aliphatic rings. The van der Waals surface area contributed by atoms with Crippen molar-refractivity contribution in [2.45, 2.75) is 68.6 Å². The third-order valence-electron chi connectivity index (χ3n) is 5.67. The first-order valence-electron chi connectivity index (χ1n) is 9.78. The minimum Gasteiger partial charge on any atom is -0.386 e. The minimum atomic E-state index is -3.40. The van der Waals surface area contributed by atoms with Crippen LogP contribution < -0.4 is 10.5 Å². The van der Waals surface area contributed by atoms with Gasteiger partial charge >= 0.3 is 6.03 Å². The molecular weight excluding hydrogens is 408 g/mol. The Kier molecular flexibility index (Phi) is 5.05. The van der Waals surface area contributed by atoms with E-state index in [4.69, 9.17) is 10.1 Å². The average Bonchev–Trinajstić information content (AvgIpc) is 3.33. The lowest BCUT2D eigenvalue weighted by molar-refractivity contribution is 0.0789. The van der Waals surface area contributed by atoms with Crippen molar-refractivity contribution in [3.63, 3.8) is 0 Å². The molecule has 2 heterocycles. The molecule has 9 heteroatoms. The van der Waals surface area contributed by atoms with E-state index < -0.39 is 21.5 Å². The lowest BCUT2D eigenvalue weighted by Gasteiger charge is -2.15. The second-order valence-electron chi connectivity index (χ2n) is 8.37. The van der Waals surface area contributed by atoms with Gasteiger partial charge in [0.15, 0.2) is 9.92 Å². The Labute approximate surface area is 175 Å². The lowest BCUT2D eigenvalue weighted by atomic mass is 10.0. The summed E-state index contributed by atoms with van der Waals surface area (Å²) >= 11 is 1.13. The van der Waals surface area contributed by atoms with E-state index in [1.165, 1.54) is 0 Å². The molecule has 0 fully saturated rings. The van der Waals surface area contributed by atoms with Gasteiger partial charge in [-0.2, -0.15) is 0 Å². The highest BCUT2D eigenvalue weighted by Crippen LogP contribution is 2.41. The van der Waals surface area contributed by atoms with Gasteiger partial charge < -0.3 is 10.4 Å². The van der Waals surface area contributed by atoms with E-state index in [1.807, 2.05) is 0 Å². The van der Waals surface area contributed by atoms with Crippen LogP contribution in [0.5, 0.6) is 0 Å². The summed E-state index contributed by atoms with van der Waals surface area (Å²) in [6.45, 7) is 5.42. The van der Waals surface area contributed by atoms with Crippen LogP contribution in [0.2, 0.25) is 0 Å². The highest BCUT2D eigenvalue weighted by atomic mass is 32.2. The zero-order valence-electron chi connectivity index (χ0n) is 16.8. The molecule has 2 aliphatic carbocycles. The molecule has 0 aliphatic heterocycles. The van der Waals surface area contributed by atoms with Crippen molar-refractivity contribution in [2.24, 2.45) is 9.50 Å². The number of urea groups is 1. The molecule has 0 spiro atoms. The molecule has 0 radical (unpaired) electrons. The van der Waals surface area contributed by atoms with E-state index in [1.54, 1.807) is 25.3 Å². The lowest BCUT2D eigenvalue weighted by Crippen LogP contribution is -2.19. The monoisotopic (exact) mass is 434 g/mol. The van der Waals surface area contributed by atoms with Crippen LogP contribution in [0.25, 0.3) is 0 Å². The van der Waals surface area contributed by atoms with Crippen LogP contribution in [0.1, 0.15) is 67.6 Å². The number of aryl methyl sites for hydroxylation is 1. The van der Waals surface area contributed by atoms with Gasteiger partial charge in [-0.25, -0.2) is 14.1 Å². The topological polar surface area (TPSA) is 118 Å². The molecule has 7 nitrogen and oxygen atoms in total. The van der Waals surface area contributed by atoms with Gasteiger partial charge in [0.05, 0.1) is 11.3 Å². The zero-order chi connectivity index (χ0) is 21.0. The van der Waals surface area contributed by atoms with Crippen molar-refractivity contribution < 1.29 is 14.1 Å². The van der Waals surface area contributed by atoms with Crippen LogP contribution in [0.3, 0.4) is 0 Å². The van der Waals surface area contributed by atoms with Gasteiger partial charge in [0.25, 0.3) is 0 Å². The van der Waals surface area contributed by atoms with Gasteiger partial charge in [-0.3, -0.25) is 4.98 Å². The average molecular weight is 435 g/mol. The summed E-state index contributed by atoms with van der Waals surface area (Å²) in [4.78, 5) is 17.5. The van der Waals surface area contributed by atoms with Crippen LogP contribution in [0.15, 0.2) is 20.0 Å². The maximum Gasteiger partial charge on any atom is 0.354 e. The van der Waals surface area contributed by atoms with E-state index in [0.717, 1.165) is 71.6 Å². The van der Waals surface area contributed by atoms with E-state index in [2.05, 4.69) is 16.6 Å². The van der Waals surface area contributed by atoms with Gasteiger partial charge in [-0.05, 0) is 80.0 Å². The fourth-order valence-corrected chi connectivity index (χ4v) is 6.32. The quantitative estimate of drug-likeness (QED) is 0.680. The molecule has 0 saturated carbocycles. The number of carbonyl (C=O) groups is 1. The van der Waals surface area contributed by atoms with E-state index in [-0.39, 0.29) is 4.21 Å². The summed E-state index contributed by atoms with van der Waals surface area (Å²) in [5.74, 6) is 0.369. The van der Waals surface area contributed by atoms with Gasteiger partial charge in [0.1, 0.15) is 4.21 Å². The number of aliphatic hydroxyl groups is 1. The number of pyridine rings is 1. The molecule has 156 valence electrons. The Morgan fingerprint density at radius 3 is 2.83 bits per heavy atom. The summed E-state index contributed by atoms with van der Waals surface area (Å²) in [5.41, 5.74) is 4.55. The number of nitrogens with two attached hydrogens (primary N) is 1. The predicted octanol–water partition coefficient (Wildman–Crippen LogP) is 3.84. The number of thiophene rings is 1. The molecule has 2 aromatic rings. The largest absolute Gasteiger partial charge is 0.386 e. The van der Waals surface area contributed by atoms with Crippen molar-refractivity contribution >= 4 is 33.0 Å². The molecule has 0 bridgehead atoms. The number of nitrogens with zero attached hydrogens (tertiary/aromatic N) is 2. The number of carbonyl (C=O) groups excluding carboxylic acids is 1. The van der Waals surface area contributed by atoms with Crippen molar-refractivity contribution in [2.75, 3.05) is 5.32 Å². The first kappa shape index (κ1) is 20.5. The number of anilines is 1. The second-order valence-corrected chi connectivity index (χ2v) is 11.3. The number of fused-ring (bicyclic) bond motifs is 2. The van der Waals surface area contributed by atoms with Crippen LogP contribution in [0.4, 0.5) is 10.5 Å². The molecule has 0 saturated heterocycles. The number of aromatic nitrogens is 1. The highest BCUT2D eigenvalue weighted by Gasteiger charge is 2.30. The Morgan fingerprint density at radius 2 is 2.14 bits per heavy atom. The first-order valence-corrected chi connectivity index (χ1v) is 12.2. The van der Waals surface area contributed by atoms with Gasteiger partial charge in [-0.1, -0.05) is 6.92 Å². The SMILES string of the molecule is C[C@@H]1CCc2c1nc1c(c2NC(=O)N=[S@@](N)(=O)c2cc(C(C)(C)O)cs2)CCC1. The molecule has 2 amide bonds. The Morgan fingerprint density at radius 1 is 1.38 bits per heavy atom. The minimum absolute atomic E-state index is 0.267. The molecule has 4 N–H and O–H groups in total. The molecule has 29 heavy (non-hydrogen) atoms. The molecule has 0 aromatic carbocycles. The van der Waals surface area contributed by atoms with Crippen molar-refractivity contribution in [1.29, 1.82) is 0 Å². The van der Waals surface area contributed by atoms with Crippen molar-refractivity contribution in [1.82, 2.24) is 4.98 Å². The Bertz CT molecular complexity index is 1110. The van der Waals surface area contributed by atoms with Crippen molar-refractivity contribution in [3.8, 4) is 0 Å². The number of nitrogens with one attached hydrogen (secondary N) is 1. The van der Waals surface area contributed by atoms with Crippen LogP contribution in [-0.4, -0.2) is 20.3 Å². The summed E-state index contributed by atoms with van der Waals surface area (Å²) in [5, 5.41) is 20.6. The van der Waals surface area contributed by atoms with Crippen LogP contribution >= 0.6 is 11.3 Å². The molecule has 2 atom stereocenters. The maximum absolute atomic E-state index is 12.9. The number of hydrogen-bond acceptors (Lipinski definition) is 5. The fraction of sp³-hybridized carbons (Fsp3) is 0.500. The summed E-state index contributed by atoms with van der Waals surface area (Å²) in [6.07, 6.45) is 4.68. The molecule has 4 rings (SSSR count). The fourth-order valence-electron chi connectivity index (χ4n) is 4.04. The van der Waals surface area contributed by atoms with Crippen LogP contribution in [-0.2, 0) is 34.8 Å². The summed E-state index contributed by atoms with van der Waals surface area (Å²) in [6, 6.07) is 0.839. The molecule has 0 unspecified atom stereocenters. The third kappa shape index (κ3) is 3.84. The Hall–Kier alpha value is -1.81. The zero-order valence-corrected chi connectivity index (χ0v) is 18.5. The summed E-state index contributed by atoms with van der Waals surface area (Å²) in [7, 11) is -3.40. The first-order chi connectivity index (χ1) is 13.6. The second kappa shape index (κ2) is 7.16. The summed E-state index contributed by atoms with van der Waals surface area (Å²) < 4.78 is 17.0. The predicted molar refractivity (Wildman–Crippen MR) is 115 cm³/mol. The van der Waals surface area contributed by atoms with E-state index in [9.17, 15) is 14.1 Å². The third-order valence-corrected chi connectivity index (χ3v) is 8.53.